The topological polar surface area (TPSA) is 83.8 Å². The number of aliphatic carboxylic acids is 2. The van der Waals surface area contributed by atoms with Gasteiger partial charge < -0.3 is 14.9 Å². The normalized spacial score (nSPS) is 11.8. The maximum atomic E-state index is 11.0. The Kier molecular flexibility index (Phi) is 6.56. The monoisotopic (exact) mass is 280 g/mol. The van der Waals surface area contributed by atoms with Crippen molar-refractivity contribution in [1.29, 1.82) is 0 Å². The third kappa shape index (κ3) is 5.73. The second kappa shape index (κ2) is 8.19. The first kappa shape index (κ1) is 16.0. The molecule has 5 heteroatoms. The lowest BCUT2D eigenvalue weighted by Gasteiger charge is -2.11. The quantitative estimate of drug-likeness (QED) is 0.679. The molecule has 20 heavy (non-hydrogen) atoms. The van der Waals surface area contributed by atoms with Crippen LogP contribution in [0.2, 0.25) is 0 Å². The van der Waals surface area contributed by atoms with Crippen molar-refractivity contribution in [3.05, 3.63) is 29.8 Å². The minimum absolute atomic E-state index is 0.205. The zero-order valence-corrected chi connectivity index (χ0v) is 11.5. The summed E-state index contributed by atoms with van der Waals surface area (Å²) < 4.78 is 5.51. The van der Waals surface area contributed by atoms with E-state index >= 15 is 0 Å². The largest absolute Gasteiger partial charge is 0.494 e. The minimum atomic E-state index is -1.10. The molecular formula is C15H20O5. The summed E-state index contributed by atoms with van der Waals surface area (Å²) in [5.74, 6) is -2.35. The van der Waals surface area contributed by atoms with Crippen molar-refractivity contribution in [2.24, 2.45) is 5.92 Å². The molecule has 0 amide bonds. The molecule has 0 bridgehead atoms. The maximum absolute atomic E-state index is 11.0. The van der Waals surface area contributed by atoms with Crippen molar-refractivity contribution >= 4 is 11.9 Å². The Morgan fingerprint density at radius 2 is 1.85 bits per heavy atom. The smallest absolute Gasteiger partial charge is 0.307 e. The first-order valence-corrected chi connectivity index (χ1v) is 6.69. The lowest BCUT2D eigenvalue weighted by molar-refractivity contribution is -0.148. The van der Waals surface area contributed by atoms with Crippen LogP contribution in [0.15, 0.2) is 24.3 Å². The van der Waals surface area contributed by atoms with Crippen LogP contribution in [0.4, 0.5) is 0 Å². The van der Waals surface area contributed by atoms with Gasteiger partial charge in [-0.05, 0) is 30.5 Å². The van der Waals surface area contributed by atoms with E-state index in [-0.39, 0.29) is 12.8 Å². The van der Waals surface area contributed by atoms with Crippen LogP contribution in [0.25, 0.3) is 0 Å². The predicted octanol–water partition coefficient (Wildman–Crippen LogP) is 2.58. The van der Waals surface area contributed by atoms with Crippen LogP contribution in [0.3, 0.4) is 0 Å². The van der Waals surface area contributed by atoms with Crippen LogP contribution >= 0.6 is 0 Å². The highest BCUT2D eigenvalue weighted by Gasteiger charge is 2.21. The fraction of sp³-hybridized carbons (Fsp3) is 0.467. The van der Waals surface area contributed by atoms with Gasteiger partial charge in [0.25, 0.3) is 0 Å². The first-order chi connectivity index (χ1) is 9.52. The molecule has 0 saturated carbocycles. The average molecular weight is 280 g/mol. The molecule has 0 heterocycles. The van der Waals surface area contributed by atoms with Crippen molar-refractivity contribution in [1.82, 2.24) is 0 Å². The molecule has 0 spiro atoms. The Morgan fingerprint density at radius 1 is 1.20 bits per heavy atom. The van der Waals surface area contributed by atoms with E-state index in [9.17, 15) is 9.59 Å². The molecule has 110 valence electrons. The number of hydrogen-bond donors (Lipinski definition) is 2. The molecule has 1 aromatic rings. The summed E-state index contributed by atoms with van der Waals surface area (Å²) in [4.78, 5) is 21.6. The summed E-state index contributed by atoms with van der Waals surface area (Å²) in [6, 6.07) is 7.12. The molecule has 0 aliphatic carbocycles. The van der Waals surface area contributed by atoms with Gasteiger partial charge in [-0.3, -0.25) is 9.59 Å². The van der Waals surface area contributed by atoms with Crippen molar-refractivity contribution in [2.75, 3.05) is 6.61 Å². The van der Waals surface area contributed by atoms with Gasteiger partial charge in [-0.2, -0.15) is 0 Å². The standard InChI is InChI=1S/C15H20O5/c1-2-3-8-20-13-6-4-11(5-7-13)9-12(15(18)19)10-14(16)17/h4-7,12H,2-3,8-10H2,1H3,(H,16,17)(H,18,19)/t12-/m1/s1. The van der Waals surface area contributed by atoms with Crippen LogP contribution in [0.5, 0.6) is 5.75 Å². The van der Waals surface area contributed by atoms with E-state index in [2.05, 4.69) is 6.92 Å². The molecule has 0 aromatic heterocycles. The summed E-state index contributed by atoms with van der Waals surface area (Å²) >= 11 is 0. The van der Waals surface area contributed by atoms with Gasteiger partial charge in [-0.15, -0.1) is 0 Å². The molecule has 0 aliphatic rings. The van der Waals surface area contributed by atoms with Crippen molar-refractivity contribution in [2.45, 2.75) is 32.6 Å². The summed E-state index contributed by atoms with van der Waals surface area (Å²) in [5.41, 5.74) is 0.793. The third-order valence-corrected chi connectivity index (χ3v) is 2.94. The Labute approximate surface area is 118 Å². The van der Waals surface area contributed by atoms with Gasteiger partial charge in [0.2, 0.25) is 0 Å². The molecule has 5 nitrogen and oxygen atoms in total. The molecule has 0 radical (unpaired) electrons. The number of carbonyl (C=O) groups is 2. The van der Waals surface area contributed by atoms with Gasteiger partial charge >= 0.3 is 11.9 Å². The number of rotatable bonds is 9. The lowest BCUT2D eigenvalue weighted by atomic mass is 9.96. The Morgan fingerprint density at radius 3 is 2.35 bits per heavy atom. The van der Waals surface area contributed by atoms with Crippen molar-refractivity contribution in [3.63, 3.8) is 0 Å². The number of benzene rings is 1. The van der Waals surface area contributed by atoms with E-state index in [4.69, 9.17) is 14.9 Å². The Bertz CT molecular complexity index is 438. The fourth-order valence-corrected chi connectivity index (χ4v) is 1.80. The van der Waals surface area contributed by atoms with Crippen LogP contribution in [0, 0.1) is 5.92 Å². The van der Waals surface area contributed by atoms with E-state index < -0.39 is 17.9 Å². The van der Waals surface area contributed by atoms with Gasteiger partial charge in [0.15, 0.2) is 0 Å². The van der Waals surface area contributed by atoms with E-state index in [1.165, 1.54) is 0 Å². The molecule has 1 aromatic carbocycles. The van der Waals surface area contributed by atoms with E-state index in [0.29, 0.717) is 6.61 Å². The molecule has 0 fully saturated rings. The highest BCUT2D eigenvalue weighted by molar-refractivity contribution is 5.78. The van der Waals surface area contributed by atoms with Gasteiger partial charge in [0.05, 0.1) is 18.9 Å². The van der Waals surface area contributed by atoms with Crippen molar-refractivity contribution < 1.29 is 24.5 Å². The zero-order valence-electron chi connectivity index (χ0n) is 11.5. The second-order valence-corrected chi connectivity index (χ2v) is 4.68. The molecule has 1 rings (SSSR count). The molecule has 1 atom stereocenters. The highest BCUT2D eigenvalue weighted by Crippen LogP contribution is 2.17. The van der Waals surface area contributed by atoms with E-state index in [1.54, 1.807) is 24.3 Å². The second-order valence-electron chi connectivity index (χ2n) is 4.68. The summed E-state index contributed by atoms with van der Waals surface area (Å²) in [7, 11) is 0. The minimum Gasteiger partial charge on any atom is -0.494 e. The lowest BCUT2D eigenvalue weighted by Crippen LogP contribution is -2.20. The summed E-state index contributed by atoms with van der Waals surface area (Å²) in [5, 5.41) is 17.7. The molecule has 0 saturated heterocycles. The van der Waals surface area contributed by atoms with Crippen LogP contribution in [-0.2, 0) is 16.0 Å². The molecule has 0 unspecified atom stereocenters. The molecular weight excluding hydrogens is 260 g/mol. The fourth-order valence-electron chi connectivity index (χ4n) is 1.80. The van der Waals surface area contributed by atoms with E-state index in [1.807, 2.05) is 0 Å². The van der Waals surface area contributed by atoms with Gasteiger partial charge in [0.1, 0.15) is 5.75 Å². The maximum Gasteiger partial charge on any atom is 0.307 e. The first-order valence-electron chi connectivity index (χ1n) is 6.69. The number of unbranched alkanes of at least 4 members (excludes halogenated alkanes) is 1. The number of hydrogen-bond acceptors (Lipinski definition) is 3. The van der Waals surface area contributed by atoms with Crippen LogP contribution in [0.1, 0.15) is 31.7 Å². The highest BCUT2D eigenvalue weighted by atomic mass is 16.5. The average Bonchev–Trinajstić information content (AvgIpc) is 2.39. The molecule has 0 aliphatic heterocycles. The predicted molar refractivity (Wildman–Crippen MR) is 73.9 cm³/mol. The Balaban J connectivity index is 2.58. The summed E-state index contributed by atoms with van der Waals surface area (Å²) in [6.07, 6.45) is 1.88. The third-order valence-electron chi connectivity index (χ3n) is 2.94. The SMILES string of the molecule is CCCCOc1ccc(C[C@H](CC(=O)O)C(=O)O)cc1. The van der Waals surface area contributed by atoms with Gasteiger partial charge in [-0.25, -0.2) is 0 Å². The number of carboxylic acid groups (broad SMARTS) is 2. The van der Waals surface area contributed by atoms with E-state index in [0.717, 1.165) is 24.2 Å². The van der Waals surface area contributed by atoms with Gasteiger partial charge in [0, 0.05) is 0 Å². The summed E-state index contributed by atoms with van der Waals surface area (Å²) in [6.45, 7) is 2.74. The van der Waals surface area contributed by atoms with Gasteiger partial charge in [-0.1, -0.05) is 25.5 Å². The Hall–Kier alpha value is -2.04. The van der Waals surface area contributed by atoms with Crippen molar-refractivity contribution in [3.8, 4) is 5.75 Å². The molecule has 2 N–H and O–H groups in total. The number of carboxylic acids is 2. The van der Waals surface area contributed by atoms with Crippen LogP contribution in [-0.4, -0.2) is 28.8 Å². The van der Waals surface area contributed by atoms with Crippen LogP contribution < -0.4 is 4.74 Å². The zero-order chi connectivity index (χ0) is 15.0. The number of ether oxygens (including phenoxy) is 1.